The van der Waals surface area contributed by atoms with Crippen molar-refractivity contribution in [3.8, 4) is 0 Å². The maximum absolute atomic E-state index is 5.38. The lowest BCUT2D eigenvalue weighted by Gasteiger charge is -2.08. The van der Waals surface area contributed by atoms with Gasteiger partial charge in [0.1, 0.15) is 5.76 Å². The van der Waals surface area contributed by atoms with Crippen molar-refractivity contribution in [2.75, 3.05) is 5.32 Å². The fourth-order valence-electron chi connectivity index (χ4n) is 1.54. The first kappa shape index (κ1) is 11.3. The van der Waals surface area contributed by atoms with E-state index in [9.17, 15) is 0 Å². The number of aryl methyl sites for hydroxylation is 2. The number of halogens is 1. The van der Waals surface area contributed by atoms with Gasteiger partial charge in [-0.2, -0.15) is 0 Å². The summed E-state index contributed by atoms with van der Waals surface area (Å²) < 4.78 is 6.45. The van der Waals surface area contributed by atoms with Crippen LogP contribution in [-0.2, 0) is 6.54 Å². The Morgan fingerprint density at radius 3 is 2.75 bits per heavy atom. The standard InChI is InChI=1S/C13H14BrNO/c1-9-3-4-11(14)12(7-9)15-8-13-10(2)5-6-16-13/h3-7,15H,8H2,1-2H3. The van der Waals surface area contributed by atoms with Crippen molar-refractivity contribution in [1.29, 1.82) is 0 Å². The molecular weight excluding hydrogens is 266 g/mol. The molecule has 0 spiro atoms. The maximum Gasteiger partial charge on any atom is 0.125 e. The molecule has 0 aliphatic rings. The van der Waals surface area contributed by atoms with Gasteiger partial charge in [0, 0.05) is 10.2 Å². The second-order valence-electron chi connectivity index (χ2n) is 3.86. The molecule has 1 N–H and O–H groups in total. The Kier molecular flexibility index (Phi) is 3.34. The first-order valence-corrected chi connectivity index (χ1v) is 5.99. The van der Waals surface area contributed by atoms with Crippen molar-refractivity contribution < 1.29 is 4.42 Å². The van der Waals surface area contributed by atoms with Crippen LogP contribution in [0.1, 0.15) is 16.9 Å². The van der Waals surface area contributed by atoms with Crippen LogP contribution in [0.25, 0.3) is 0 Å². The molecule has 2 aromatic rings. The highest BCUT2D eigenvalue weighted by molar-refractivity contribution is 9.10. The largest absolute Gasteiger partial charge is 0.467 e. The third-order valence-electron chi connectivity index (χ3n) is 2.53. The molecule has 0 aliphatic carbocycles. The minimum atomic E-state index is 0.709. The molecular formula is C13H14BrNO. The second-order valence-corrected chi connectivity index (χ2v) is 4.72. The van der Waals surface area contributed by atoms with E-state index in [1.165, 1.54) is 11.1 Å². The van der Waals surface area contributed by atoms with Gasteiger partial charge in [0.05, 0.1) is 12.8 Å². The van der Waals surface area contributed by atoms with E-state index in [2.05, 4.69) is 40.3 Å². The molecule has 0 bridgehead atoms. The van der Waals surface area contributed by atoms with E-state index >= 15 is 0 Å². The molecule has 1 aromatic carbocycles. The Hall–Kier alpha value is -1.22. The summed E-state index contributed by atoms with van der Waals surface area (Å²) in [7, 11) is 0. The molecule has 2 rings (SSSR count). The number of anilines is 1. The summed E-state index contributed by atoms with van der Waals surface area (Å²) in [4.78, 5) is 0. The van der Waals surface area contributed by atoms with Gasteiger partial charge in [-0.3, -0.25) is 0 Å². The van der Waals surface area contributed by atoms with Gasteiger partial charge in [-0.1, -0.05) is 6.07 Å². The maximum atomic E-state index is 5.38. The molecule has 0 saturated heterocycles. The predicted molar refractivity (Wildman–Crippen MR) is 69.7 cm³/mol. The SMILES string of the molecule is Cc1ccc(Br)c(NCc2occc2C)c1. The van der Waals surface area contributed by atoms with Crippen LogP contribution < -0.4 is 5.32 Å². The van der Waals surface area contributed by atoms with Crippen LogP contribution >= 0.6 is 15.9 Å². The van der Waals surface area contributed by atoms with E-state index in [-0.39, 0.29) is 0 Å². The molecule has 0 amide bonds. The lowest BCUT2D eigenvalue weighted by molar-refractivity contribution is 0.515. The summed E-state index contributed by atoms with van der Waals surface area (Å²) in [5.41, 5.74) is 3.51. The molecule has 0 atom stereocenters. The normalized spacial score (nSPS) is 10.4. The van der Waals surface area contributed by atoms with Crippen molar-refractivity contribution in [3.05, 3.63) is 51.9 Å². The molecule has 0 radical (unpaired) electrons. The zero-order valence-corrected chi connectivity index (χ0v) is 11.0. The van der Waals surface area contributed by atoms with Crippen LogP contribution in [0, 0.1) is 13.8 Å². The number of furan rings is 1. The first-order chi connectivity index (χ1) is 7.66. The first-order valence-electron chi connectivity index (χ1n) is 5.20. The minimum Gasteiger partial charge on any atom is -0.467 e. The molecule has 1 heterocycles. The molecule has 1 aromatic heterocycles. The quantitative estimate of drug-likeness (QED) is 0.908. The van der Waals surface area contributed by atoms with E-state index in [4.69, 9.17) is 4.42 Å². The Balaban J connectivity index is 2.10. The summed E-state index contributed by atoms with van der Waals surface area (Å²) in [6, 6.07) is 8.21. The number of benzene rings is 1. The van der Waals surface area contributed by atoms with E-state index in [1.807, 2.05) is 19.1 Å². The number of rotatable bonds is 3. The van der Waals surface area contributed by atoms with Crippen molar-refractivity contribution in [2.45, 2.75) is 20.4 Å². The lowest BCUT2D eigenvalue weighted by atomic mass is 10.2. The van der Waals surface area contributed by atoms with Gasteiger partial charge in [-0.25, -0.2) is 0 Å². The smallest absolute Gasteiger partial charge is 0.125 e. The zero-order valence-electron chi connectivity index (χ0n) is 9.38. The van der Waals surface area contributed by atoms with Gasteiger partial charge in [-0.05, 0) is 59.1 Å². The average Bonchev–Trinajstić information content (AvgIpc) is 2.66. The van der Waals surface area contributed by atoms with Gasteiger partial charge in [0.25, 0.3) is 0 Å². The second kappa shape index (κ2) is 4.74. The summed E-state index contributed by atoms with van der Waals surface area (Å²) >= 11 is 3.52. The molecule has 2 nitrogen and oxygen atoms in total. The van der Waals surface area contributed by atoms with E-state index < -0.39 is 0 Å². The Labute approximate surface area is 104 Å². The van der Waals surface area contributed by atoms with Crippen LogP contribution in [0.3, 0.4) is 0 Å². The lowest BCUT2D eigenvalue weighted by Crippen LogP contribution is -2.00. The zero-order chi connectivity index (χ0) is 11.5. The van der Waals surface area contributed by atoms with Crippen molar-refractivity contribution in [3.63, 3.8) is 0 Å². The number of hydrogen-bond donors (Lipinski definition) is 1. The van der Waals surface area contributed by atoms with Gasteiger partial charge in [0.2, 0.25) is 0 Å². The Morgan fingerprint density at radius 2 is 2.06 bits per heavy atom. The molecule has 3 heteroatoms. The van der Waals surface area contributed by atoms with Crippen LogP contribution in [0.5, 0.6) is 0 Å². The highest BCUT2D eigenvalue weighted by Gasteiger charge is 2.03. The topological polar surface area (TPSA) is 25.2 Å². The van der Waals surface area contributed by atoms with E-state index in [0.29, 0.717) is 6.54 Å². The van der Waals surface area contributed by atoms with Crippen LogP contribution in [0.15, 0.2) is 39.4 Å². The fourth-order valence-corrected chi connectivity index (χ4v) is 1.92. The van der Waals surface area contributed by atoms with Gasteiger partial charge >= 0.3 is 0 Å². The summed E-state index contributed by atoms with van der Waals surface area (Å²) in [5.74, 6) is 0.980. The Bertz CT molecular complexity index is 490. The van der Waals surface area contributed by atoms with Gasteiger partial charge < -0.3 is 9.73 Å². The predicted octanol–water partition coefficient (Wildman–Crippen LogP) is 4.27. The fraction of sp³-hybridized carbons (Fsp3) is 0.231. The highest BCUT2D eigenvalue weighted by Crippen LogP contribution is 2.24. The monoisotopic (exact) mass is 279 g/mol. The van der Waals surface area contributed by atoms with Crippen LogP contribution in [0.2, 0.25) is 0 Å². The molecule has 84 valence electrons. The van der Waals surface area contributed by atoms with Crippen LogP contribution in [0.4, 0.5) is 5.69 Å². The van der Waals surface area contributed by atoms with Gasteiger partial charge in [-0.15, -0.1) is 0 Å². The van der Waals surface area contributed by atoms with Crippen LogP contribution in [-0.4, -0.2) is 0 Å². The summed E-state index contributed by atoms with van der Waals surface area (Å²) in [5, 5.41) is 3.36. The summed E-state index contributed by atoms with van der Waals surface area (Å²) in [6.45, 7) is 4.84. The molecule has 0 aliphatic heterocycles. The van der Waals surface area contributed by atoms with E-state index in [1.54, 1.807) is 6.26 Å². The third-order valence-corrected chi connectivity index (χ3v) is 3.22. The van der Waals surface area contributed by atoms with Gasteiger partial charge in [0.15, 0.2) is 0 Å². The van der Waals surface area contributed by atoms with E-state index in [0.717, 1.165) is 15.9 Å². The highest BCUT2D eigenvalue weighted by atomic mass is 79.9. The number of nitrogens with one attached hydrogen (secondary N) is 1. The summed E-state index contributed by atoms with van der Waals surface area (Å²) in [6.07, 6.45) is 1.72. The van der Waals surface area contributed by atoms with Crippen molar-refractivity contribution in [2.24, 2.45) is 0 Å². The molecule has 16 heavy (non-hydrogen) atoms. The molecule has 0 unspecified atom stereocenters. The number of hydrogen-bond acceptors (Lipinski definition) is 2. The molecule has 0 fully saturated rings. The van der Waals surface area contributed by atoms with Crippen molar-refractivity contribution >= 4 is 21.6 Å². The third kappa shape index (κ3) is 2.47. The average molecular weight is 280 g/mol. The minimum absolute atomic E-state index is 0.709. The van der Waals surface area contributed by atoms with Crippen molar-refractivity contribution in [1.82, 2.24) is 0 Å². The Morgan fingerprint density at radius 1 is 1.25 bits per heavy atom. The molecule has 0 saturated carbocycles.